The van der Waals surface area contributed by atoms with Crippen molar-refractivity contribution in [2.45, 2.75) is 19.4 Å². The van der Waals surface area contributed by atoms with Gasteiger partial charge in [-0.15, -0.1) is 0 Å². The zero-order valence-corrected chi connectivity index (χ0v) is 15.4. The Kier molecular flexibility index (Phi) is 6.61. The summed E-state index contributed by atoms with van der Waals surface area (Å²) in [5, 5.41) is 0. The second-order valence-corrected chi connectivity index (χ2v) is 6.05. The maximum atomic E-state index is 14.2. The van der Waals surface area contributed by atoms with Crippen LogP contribution in [0.5, 0.6) is 11.9 Å². The highest BCUT2D eigenvalue weighted by Crippen LogP contribution is 2.37. The van der Waals surface area contributed by atoms with Crippen LogP contribution in [0.15, 0.2) is 72.7 Å². The first-order valence-electron chi connectivity index (χ1n) is 8.68. The van der Waals surface area contributed by atoms with E-state index in [-0.39, 0.29) is 19.2 Å². The zero-order chi connectivity index (χ0) is 21.6. The van der Waals surface area contributed by atoms with Crippen LogP contribution in [-0.2, 0) is 13.2 Å². The molecule has 1 aromatic heterocycles. The Morgan fingerprint density at radius 3 is 1.87 bits per heavy atom. The largest absolute Gasteiger partial charge is 0.472 e. The number of allylic oxidation sites excluding steroid dienone is 1. The van der Waals surface area contributed by atoms with Gasteiger partial charge >= 0.3 is 12.2 Å². The van der Waals surface area contributed by atoms with Crippen molar-refractivity contribution >= 4 is 5.83 Å². The highest BCUT2D eigenvalue weighted by molar-refractivity contribution is 5.65. The van der Waals surface area contributed by atoms with Crippen LogP contribution in [0.2, 0.25) is 0 Å². The van der Waals surface area contributed by atoms with Crippen LogP contribution in [0.25, 0.3) is 5.83 Å². The fourth-order valence-corrected chi connectivity index (χ4v) is 2.37. The van der Waals surface area contributed by atoms with Gasteiger partial charge in [0.05, 0.1) is 5.56 Å². The number of alkyl halides is 3. The van der Waals surface area contributed by atoms with Gasteiger partial charge < -0.3 is 9.47 Å². The molecule has 4 nitrogen and oxygen atoms in total. The summed E-state index contributed by atoms with van der Waals surface area (Å²) in [6, 6.07) is 17.3. The Balaban J connectivity index is 1.88. The van der Waals surface area contributed by atoms with Crippen molar-refractivity contribution in [2.24, 2.45) is 0 Å². The topological polar surface area (TPSA) is 44.2 Å². The standard InChI is InChI=1S/C21H15F5N2O2/c22-17(18(23)21(24,25)26)16-11-27-20(30-13-15-9-5-2-6-10-15)28-19(16)29-12-14-7-3-1-4-8-14/h1-11H,12-13H2/b18-17+. The first-order valence-corrected chi connectivity index (χ1v) is 8.68. The maximum Gasteiger partial charge on any atom is 0.445 e. The third-order valence-corrected chi connectivity index (χ3v) is 3.84. The molecule has 0 N–H and O–H groups in total. The van der Waals surface area contributed by atoms with E-state index < -0.39 is 29.3 Å². The van der Waals surface area contributed by atoms with E-state index in [2.05, 4.69) is 9.97 Å². The molecule has 2 aromatic carbocycles. The van der Waals surface area contributed by atoms with Gasteiger partial charge in [-0.1, -0.05) is 60.7 Å². The molecule has 30 heavy (non-hydrogen) atoms. The van der Waals surface area contributed by atoms with Gasteiger partial charge in [-0.25, -0.2) is 9.37 Å². The average molecular weight is 422 g/mol. The molecule has 0 atom stereocenters. The highest BCUT2D eigenvalue weighted by Gasteiger charge is 2.39. The van der Waals surface area contributed by atoms with Crippen LogP contribution in [-0.4, -0.2) is 16.1 Å². The van der Waals surface area contributed by atoms with Crippen LogP contribution in [0.1, 0.15) is 16.7 Å². The molecule has 0 aliphatic rings. The Hall–Kier alpha value is -3.49. The monoisotopic (exact) mass is 422 g/mol. The number of hydrogen-bond donors (Lipinski definition) is 0. The van der Waals surface area contributed by atoms with E-state index in [1.165, 1.54) is 0 Å². The van der Waals surface area contributed by atoms with E-state index >= 15 is 0 Å². The lowest BCUT2D eigenvalue weighted by atomic mass is 10.2. The minimum Gasteiger partial charge on any atom is -0.472 e. The van der Waals surface area contributed by atoms with Crippen LogP contribution in [0.4, 0.5) is 22.0 Å². The Morgan fingerprint density at radius 1 is 0.800 bits per heavy atom. The lowest BCUT2D eigenvalue weighted by molar-refractivity contribution is -0.108. The van der Waals surface area contributed by atoms with Crippen LogP contribution < -0.4 is 9.47 Å². The van der Waals surface area contributed by atoms with Crippen molar-refractivity contribution in [2.75, 3.05) is 0 Å². The molecule has 0 aliphatic heterocycles. The summed E-state index contributed by atoms with van der Waals surface area (Å²) in [7, 11) is 0. The third-order valence-electron chi connectivity index (χ3n) is 3.84. The zero-order valence-electron chi connectivity index (χ0n) is 15.4. The second-order valence-electron chi connectivity index (χ2n) is 6.05. The molecule has 0 fully saturated rings. The minimum atomic E-state index is -5.50. The smallest absolute Gasteiger partial charge is 0.445 e. The van der Waals surface area contributed by atoms with E-state index in [1.807, 2.05) is 6.07 Å². The average Bonchev–Trinajstić information content (AvgIpc) is 2.76. The Morgan fingerprint density at radius 2 is 1.33 bits per heavy atom. The van der Waals surface area contributed by atoms with Crippen molar-refractivity contribution in [3.8, 4) is 11.9 Å². The molecule has 0 spiro atoms. The Bertz CT molecular complexity index is 1010. The minimum absolute atomic E-state index is 0.0630. The van der Waals surface area contributed by atoms with Gasteiger partial charge in [-0.3, -0.25) is 0 Å². The predicted octanol–water partition coefficient (Wildman–Crippen LogP) is 5.80. The normalized spacial score (nSPS) is 12.3. The van der Waals surface area contributed by atoms with Crippen molar-refractivity contribution in [3.05, 3.63) is 89.4 Å². The lowest BCUT2D eigenvalue weighted by Crippen LogP contribution is -2.10. The molecule has 0 aliphatic carbocycles. The number of benzene rings is 2. The molecule has 0 unspecified atom stereocenters. The van der Waals surface area contributed by atoms with Gasteiger partial charge in [0.15, 0.2) is 5.83 Å². The molecule has 0 radical (unpaired) electrons. The summed E-state index contributed by atoms with van der Waals surface area (Å²) in [4.78, 5) is 7.50. The molecule has 3 aromatic rings. The SMILES string of the molecule is F/C(=C(/F)C(F)(F)F)c1cnc(OCc2ccccc2)nc1OCc1ccccc1. The quantitative estimate of drug-likeness (QED) is 0.451. The molecule has 1 heterocycles. The van der Waals surface area contributed by atoms with Gasteiger partial charge in [0.25, 0.3) is 0 Å². The van der Waals surface area contributed by atoms with Crippen LogP contribution in [0, 0.1) is 0 Å². The predicted molar refractivity (Wildman–Crippen MR) is 98.8 cm³/mol. The van der Waals surface area contributed by atoms with Crippen LogP contribution >= 0.6 is 0 Å². The summed E-state index contributed by atoms with van der Waals surface area (Å²) in [6.45, 7) is -0.0720. The summed E-state index contributed by atoms with van der Waals surface area (Å²) >= 11 is 0. The van der Waals surface area contributed by atoms with Crippen molar-refractivity contribution < 1.29 is 31.4 Å². The van der Waals surface area contributed by atoms with E-state index in [4.69, 9.17) is 9.47 Å². The summed E-state index contributed by atoms with van der Waals surface area (Å²) < 4.78 is 76.1. The van der Waals surface area contributed by atoms with Crippen molar-refractivity contribution in [1.29, 1.82) is 0 Å². The van der Waals surface area contributed by atoms with Gasteiger partial charge in [0.1, 0.15) is 13.2 Å². The van der Waals surface area contributed by atoms with Gasteiger partial charge in [0, 0.05) is 6.20 Å². The van der Waals surface area contributed by atoms with Gasteiger partial charge in [-0.05, 0) is 11.1 Å². The highest BCUT2D eigenvalue weighted by atomic mass is 19.4. The summed E-state index contributed by atoms with van der Waals surface area (Å²) in [5.41, 5.74) is 0.563. The number of halogens is 5. The molecular weight excluding hydrogens is 407 g/mol. The number of aromatic nitrogens is 2. The molecule has 0 saturated heterocycles. The van der Waals surface area contributed by atoms with E-state index in [0.29, 0.717) is 11.8 Å². The number of ether oxygens (including phenoxy) is 2. The Labute approximate surface area is 168 Å². The second kappa shape index (κ2) is 9.34. The fourth-order valence-electron chi connectivity index (χ4n) is 2.37. The summed E-state index contributed by atoms with van der Waals surface area (Å²) in [5.74, 6) is -5.64. The van der Waals surface area contributed by atoms with Crippen LogP contribution in [0.3, 0.4) is 0 Å². The molecule has 9 heteroatoms. The molecule has 3 rings (SSSR count). The number of hydrogen-bond acceptors (Lipinski definition) is 4. The molecule has 0 saturated carbocycles. The van der Waals surface area contributed by atoms with Gasteiger partial charge in [-0.2, -0.15) is 22.5 Å². The van der Waals surface area contributed by atoms with E-state index in [1.54, 1.807) is 54.6 Å². The van der Waals surface area contributed by atoms with Gasteiger partial charge in [0.2, 0.25) is 11.7 Å². The third kappa shape index (κ3) is 5.53. The lowest BCUT2D eigenvalue weighted by Gasteiger charge is -2.12. The molecule has 0 amide bonds. The number of rotatable bonds is 7. The van der Waals surface area contributed by atoms with Crippen molar-refractivity contribution in [3.63, 3.8) is 0 Å². The molecule has 156 valence electrons. The first kappa shape index (κ1) is 21.2. The fraction of sp³-hybridized carbons (Fsp3) is 0.143. The van der Waals surface area contributed by atoms with E-state index in [0.717, 1.165) is 5.56 Å². The first-order chi connectivity index (χ1) is 14.3. The maximum absolute atomic E-state index is 14.2. The number of nitrogens with zero attached hydrogens (tertiary/aromatic N) is 2. The van der Waals surface area contributed by atoms with E-state index in [9.17, 15) is 22.0 Å². The molecular formula is C21H15F5N2O2. The van der Waals surface area contributed by atoms with Crippen molar-refractivity contribution in [1.82, 2.24) is 9.97 Å². The summed E-state index contributed by atoms with van der Waals surface area (Å²) in [6.07, 6.45) is -4.81. The molecule has 0 bridgehead atoms.